The first-order chi connectivity index (χ1) is 13.6. The summed E-state index contributed by atoms with van der Waals surface area (Å²) in [5, 5.41) is 6.75. The molecule has 0 spiro atoms. The molecule has 3 heterocycles. The number of carbonyl (C=O) groups excluding carboxylic acids is 3. The van der Waals surface area contributed by atoms with Crippen LogP contribution in [0.2, 0.25) is 0 Å². The molecule has 2 aromatic heterocycles. The van der Waals surface area contributed by atoms with Gasteiger partial charge in [-0.2, -0.15) is 5.10 Å². The van der Waals surface area contributed by atoms with Gasteiger partial charge < -0.3 is 24.1 Å². The molecule has 1 aliphatic heterocycles. The van der Waals surface area contributed by atoms with Crippen molar-refractivity contribution in [2.24, 2.45) is 0 Å². The van der Waals surface area contributed by atoms with E-state index in [4.69, 9.17) is 13.9 Å². The molecule has 1 saturated heterocycles. The maximum atomic E-state index is 12.7. The molecule has 2 amide bonds. The quantitative estimate of drug-likeness (QED) is 0.699. The van der Waals surface area contributed by atoms with E-state index < -0.39 is 5.91 Å². The fourth-order valence-electron chi connectivity index (χ4n) is 2.91. The average Bonchev–Trinajstić information content (AvgIpc) is 3.34. The lowest BCUT2D eigenvalue weighted by molar-refractivity contribution is -0.150. The molecular weight excluding hydrogens is 368 g/mol. The van der Waals surface area contributed by atoms with Crippen LogP contribution < -0.4 is 5.32 Å². The first-order valence-corrected chi connectivity index (χ1v) is 8.97. The number of anilines is 1. The van der Waals surface area contributed by atoms with Crippen LogP contribution in [0.5, 0.6) is 0 Å². The average molecular weight is 390 g/mol. The highest BCUT2D eigenvalue weighted by Crippen LogP contribution is 2.14. The van der Waals surface area contributed by atoms with Gasteiger partial charge in [0.2, 0.25) is 5.91 Å². The smallest absolute Gasteiger partial charge is 0.307 e. The Hall–Kier alpha value is -3.14. The third-order valence-electron chi connectivity index (χ3n) is 4.19. The Morgan fingerprint density at radius 2 is 2.25 bits per heavy atom. The zero-order valence-electron chi connectivity index (χ0n) is 15.5. The SMILES string of the molecule is CCOC(=O)C[C@@H]1COCCN1C(=O)Cn1cc(NC(=O)c2ccco2)cn1. The molecule has 28 heavy (non-hydrogen) atoms. The minimum Gasteiger partial charge on any atom is -0.466 e. The van der Waals surface area contributed by atoms with Gasteiger partial charge in [0.05, 0.1) is 50.4 Å². The predicted molar refractivity (Wildman–Crippen MR) is 96.5 cm³/mol. The summed E-state index contributed by atoms with van der Waals surface area (Å²) in [5.41, 5.74) is 0.444. The third-order valence-corrected chi connectivity index (χ3v) is 4.19. The number of carbonyl (C=O) groups is 3. The van der Waals surface area contributed by atoms with Crippen molar-refractivity contribution in [1.82, 2.24) is 14.7 Å². The first-order valence-electron chi connectivity index (χ1n) is 8.97. The largest absolute Gasteiger partial charge is 0.466 e. The minimum absolute atomic E-state index is 0.0179. The van der Waals surface area contributed by atoms with Gasteiger partial charge in [-0.05, 0) is 19.1 Å². The minimum atomic E-state index is -0.404. The van der Waals surface area contributed by atoms with E-state index in [0.717, 1.165) is 0 Å². The van der Waals surface area contributed by atoms with E-state index in [2.05, 4.69) is 10.4 Å². The number of morpholine rings is 1. The number of aromatic nitrogens is 2. The van der Waals surface area contributed by atoms with E-state index in [0.29, 0.717) is 25.4 Å². The van der Waals surface area contributed by atoms with Gasteiger partial charge in [0, 0.05) is 12.7 Å². The van der Waals surface area contributed by atoms with E-state index in [1.54, 1.807) is 30.2 Å². The molecule has 1 N–H and O–H groups in total. The highest BCUT2D eigenvalue weighted by Gasteiger charge is 2.29. The second-order valence-electron chi connectivity index (χ2n) is 6.18. The second kappa shape index (κ2) is 9.18. The van der Waals surface area contributed by atoms with Crippen molar-refractivity contribution in [1.29, 1.82) is 0 Å². The maximum absolute atomic E-state index is 12.7. The first kappa shape index (κ1) is 19.6. The van der Waals surface area contributed by atoms with Crippen LogP contribution in [0.15, 0.2) is 35.2 Å². The summed E-state index contributed by atoms with van der Waals surface area (Å²) in [6.45, 7) is 3.10. The Bertz CT molecular complexity index is 816. The van der Waals surface area contributed by atoms with Crippen LogP contribution in [0, 0.1) is 0 Å². The molecule has 0 aliphatic carbocycles. The van der Waals surface area contributed by atoms with E-state index in [1.165, 1.54) is 17.1 Å². The lowest BCUT2D eigenvalue weighted by atomic mass is 10.1. The highest BCUT2D eigenvalue weighted by atomic mass is 16.5. The van der Waals surface area contributed by atoms with Crippen LogP contribution in [0.4, 0.5) is 5.69 Å². The number of esters is 1. The summed E-state index contributed by atoms with van der Waals surface area (Å²) in [5.74, 6) is -0.778. The maximum Gasteiger partial charge on any atom is 0.307 e. The molecule has 150 valence electrons. The molecule has 3 rings (SSSR count). The molecule has 0 radical (unpaired) electrons. The zero-order valence-corrected chi connectivity index (χ0v) is 15.5. The van der Waals surface area contributed by atoms with Gasteiger partial charge in [0.25, 0.3) is 5.91 Å². The van der Waals surface area contributed by atoms with E-state index in [-0.39, 0.29) is 43.3 Å². The molecule has 10 heteroatoms. The summed E-state index contributed by atoms with van der Waals surface area (Å²) in [6, 6.07) is 2.80. The monoisotopic (exact) mass is 390 g/mol. The van der Waals surface area contributed by atoms with Gasteiger partial charge in [0.15, 0.2) is 5.76 Å². The van der Waals surface area contributed by atoms with Crippen molar-refractivity contribution in [2.45, 2.75) is 25.9 Å². The fraction of sp³-hybridized carbons (Fsp3) is 0.444. The summed E-state index contributed by atoms with van der Waals surface area (Å²) in [4.78, 5) is 38.0. The molecule has 0 unspecified atom stereocenters. The molecule has 0 saturated carbocycles. The fourth-order valence-corrected chi connectivity index (χ4v) is 2.91. The lowest BCUT2D eigenvalue weighted by Gasteiger charge is -2.35. The van der Waals surface area contributed by atoms with Crippen molar-refractivity contribution in [3.8, 4) is 0 Å². The molecule has 1 aliphatic rings. The van der Waals surface area contributed by atoms with Crippen LogP contribution >= 0.6 is 0 Å². The molecule has 0 bridgehead atoms. The Morgan fingerprint density at radius 3 is 3.00 bits per heavy atom. The van der Waals surface area contributed by atoms with Gasteiger partial charge >= 0.3 is 5.97 Å². The van der Waals surface area contributed by atoms with Crippen LogP contribution in [-0.4, -0.2) is 64.9 Å². The predicted octanol–water partition coefficient (Wildman–Crippen LogP) is 0.909. The Balaban J connectivity index is 1.58. The summed E-state index contributed by atoms with van der Waals surface area (Å²) < 4.78 is 16.8. The topological polar surface area (TPSA) is 116 Å². The second-order valence-corrected chi connectivity index (χ2v) is 6.18. The van der Waals surface area contributed by atoms with E-state index in [9.17, 15) is 14.4 Å². The van der Waals surface area contributed by atoms with Crippen LogP contribution in [0.3, 0.4) is 0 Å². The number of ether oxygens (including phenoxy) is 2. The van der Waals surface area contributed by atoms with Gasteiger partial charge in [0.1, 0.15) is 6.54 Å². The van der Waals surface area contributed by atoms with Crippen LogP contribution in [-0.2, 0) is 25.6 Å². The molecular formula is C18H22N4O6. The molecule has 1 atom stereocenters. The summed E-state index contributed by atoms with van der Waals surface area (Å²) >= 11 is 0. The number of hydrogen-bond donors (Lipinski definition) is 1. The van der Waals surface area contributed by atoms with Crippen molar-refractivity contribution in [2.75, 3.05) is 31.7 Å². The Morgan fingerprint density at radius 1 is 1.39 bits per heavy atom. The van der Waals surface area contributed by atoms with Gasteiger partial charge in [-0.1, -0.05) is 0 Å². The molecule has 0 aromatic carbocycles. The normalized spacial score (nSPS) is 16.6. The van der Waals surface area contributed by atoms with E-state index >= 15 is 0 Å². The number of furan rings is 1. The standard InChI is InChI=1S/C18H22N4O6/c1-2-27-17(24)8-14-12-26-7-5-22(14)16(23)11-21-10-13(9-19-21)20-18(25)15-4-3-6-28-15/h3-4,6,9-10,14H,2,5,7-8,11-12H2,1H3,(H,20,25)/t14-/m1/s1. The molecule has 1 fully saturated rings. The number of amides is 2. The van der Waals surface area contributed by atoms with Gasteiger partial charge in [-0.3, -0.25) is 19.1 Å². The van der Waals surface area contributed by atoms with Crippen molar-refractivity contribution in [3.05, 3.63) is 36.5 Å². The van der Waals surface area contributed by atoms with Crippen molar-refractivity contribution < 1.29 is 28.3 Å². The Kier molecular flexibility index (Phi) is 6.43. The number of hydrogen-bond acceptors (Lipinski definition) is 7. The zero-order chi connectivity index (χ0) is 19.9. The van der Waals surface area contributed by atoms with Crippen LogP contribution in [0.1, 0.15) is 23.9 Å². The van der Waals surface area contributed by atoms with Crippen molar-refractivity contribution in [3.63, 3.8) is 0 Å². The lowest BCUT2D eigenvalue weighted by Crippen LogP contribution is -2.50. The van der Waals surface area contributed by atoms with Crippen LogP contribution in [0.25, 0.3) is 0 Å². The molecule has 2 aromatic rings. The Labute approximate surface area is 161 Å². The third kappa shape index (κ3) is 4.97. The van der Waals surface area contributed by atoms with Gasteiger partial charge in [-0.25, -0.2) is 0 Å². The van der Waals surface area contributed by atoms with Gasteiger partial charge in [-0.15, -0.1) is 0 Å². The van der Waals surface area contributed by atoms with Crippen molar-refractivity contribution >= 4 is 23.5 Å². The number of nitrogens with one attached hydrogen (secondary N) is 1. The molecule has 10 nitrogen and oxygen atoms in total. The summed E-state index contributed by atoms with van der Waals surface area (Å²) in [7, 11) is 0. The number of nitrogens with zero attached hydrogens (tertiary/aromatic N) is 3. The van der Waals surface area contributed by atoms with E-state index in [1.807, 2.05) is 0 Å². The number of rotatable bonds is 7. The summed E-state index contributed by atoms with van der Waals surface area (Å²) in [6.07, 6.45) is 4.50. The highest BCUT2D eigenvalue weighted by molar-refractivity contribution is 6.02.